The molecule has 2 rings (SSSR count). The zero-order valence-electron chi connectivity index (χ0n) is 17.5. The van der Waals surface area contributed by atoms with Crippen molar-refractivity contribution >= 4 is 17.7 Å². The Balaban J connectivity index is 1.83. The van der Waals surface area contributed by atoms with Gasteiger partial charge in [-0.1, -0.05) is 6.92 Å². The Kier molecular flexibility index (Phi) is 6.83. The molecule has 1 aromatic heterocycles. The van der Waals surface area contributed by atoms with Gasteiger partial charge in [-0.15, -0.1) is 0 Å². The molecule has 0 aliphatic heterocycles. The zero-order chi connectivity index (χ0) is 20.9. The van der Waals surface area contributed by atoms with Gasteiger partial charge in [0.1, 0.15) is 5.60 Å². The summed E-state index contributed by atoms with van der Waals surface area (Å²) < 4.78 is 7.17. The first-order valence-electron chi connectivity index (χ1n) is 9.43. The molecule has 0 radical (unpaired) electrons. The van der Waals surface area contributed by atoms with Gasteiger partial charge in [0.05, 0.1) is 5.69 Å². The third-order valence-corrected chi connectivity index (χ3v) is 3.99. The fourth-order valence-corrected chi connectivity index (χ4v) is 2.71. The van der Waals surface area contributed by atoms with E-state index in [1.54, 1.807) is 45.0 Å². The van der Waals surface area contributed by atoms with Crippen LogP contribution in [0.2, 0.25) is 0 Å². The maximum atomic E-state index is 12.3. The van der Waals surface area contributed by atoms with Gasteiger partial charge in [0.2, 0.25) is 0 Å². The molecule has 0 unspecified atom stereocenters. The summed E-state index contributed by atoms with van der Waals surface area (Å²) in [6.45, 7) is 12.8. The van der Waals surface area contributed by atoms with Crippen LogP contribution in [0, 0.1) is 19.8 Å². The summed E-state index contributed by atoms with van der Waals surface area (Å²) in [4.78, 5) is 24.1. The van der Waals surface area contributed by atoms with Crippen molar-refractivity contribution in [3.8, 4) is 0 Å². The molecular formula is C21H30N4O3. The number of carbonyl (C=O) groups excluding carboxylic acids is 2. The Labute approximate surface area is 166 Å². The highest BCUT2D eigenvalue weighted by Gasteiger charge is 2.16. The van der Waals surface area contributed by atoms with Gasteiger partial charge in [-0.3, -0.25) is 14.8 Å². The van der Waals surface area contributed by atoms with Gasteiger partial charge in [0.15, 0.2) is 0 Å². The average molecular weight is 386 g/mol. The van der Waals surface area contributed by atoms with Crippen LogP contribution in [-0.2, 0) is 11.3 Å². The third kappa shape index (κ3) is 6.72. The molecule has 7 heteroatoms. The first kappa shape index (κ1) is 21.5. The van der Waals surface area contributed by atoms with Gasteiger partial charge in [-0.05, 0) is 70.9 Å². The number of nitrogens with one attached hydrogen (secondary N) is 2. The van der Waals surface area contributed by atoms with Crippen molar-refractivity contribution in [2.24, 2.45) is 5.92 Å². The molecule has 1 heterocycles. The number of carbonyl (C=O) groups is 2. The maximum absolute atomic E-state index is 12.3. The third-order valence-electron chi connectivity index (χ3n) is 3.99. The van der Waals surface area contributed by atoms with Crippen LogP contribution in [0.1, 0.15) is 49.4 Å². The maximum Gasteiger partial charge on any atom is 0.412 e. The quantitative estimate of drug-likeness (QED) is 0.788. The summed E-state index contributed by atoms with van der Waals surface area (Å²) in [6, 6.07) is 8.75. The lowest BCUT2D eigenvalue weighted by atomic mass is 10.1. The van der Waals surface area contributed by atoms with Crippen LogP contribution in [0.4, 0.5) is 10.5 Å². The number of nitrogens with zero attached hydrogens (tertiary/aromatic N) is 2. The van der Waals surface area contributed by atoms with E-state index in [0.29, 0.717) is 17.8 Å². The normalized spacial score (nSPS) is 12.4. The number of anilines is 1. The number of hydrogen-bond donors (Lipinski definition) is 2. The summed E-state index contributed by atoms with van der Waals surface area (Å²) in [5.41, 5.74) is 2.66. The smallest absolute Gasteiger partial charge is 0.412 e. The minimum Gasteiger partial charge on any atom is -0.444 e. The Hall–Kier alpha value is -2.83. The van der Waals surface area contributed by atoms with E-state index < -0.39 is 11.7 Å². The molecule has 2 N–H and O–H groups in total. The predicted molar refractivity (Wildman–Crippen MR) is 109 cm³/mol. The topological polar surface area (TPSA) is 85.2 Å². The van der Waals surface area contributed by atoms with E-state index in [4.69, 9.17) is 4.74 Å². The molecule has 28 heavy (non-hydrogen) atoms. The van der Waals surface area contributed by atoms with Crippen molar-refractivity contribution in [2.75, 3.05) is 11.9 Å². The first-order chi connectivity index (χ1) is 13.0. The molecule has 0 bridgehead atoms. The molecule has 0 fully saturated rings. The average Bonchev–Trinajstić information content (AvgIpc) is 2.88. The van der Waals surface area contributed by atoms with E-state index in [1.165, 1.54) is 0 Å². The van der Waals surface area contributed by atoms with E-state index in [0.717, 1.165) is 17.9 Å². The fourth-order valence-electron chi connectivity index (χ4n) is 2.71. The highest BCUT2D eigenvalue weighted by Crippen LogP contribution is 2.13. The van der Waals surface area contributed by atoms with E-state index in [2.05, 4.69) is 22.7 Å². The molecular weight excluding hydrogens is 356 g/mol. The van der Waals surface area contributed by atoms with Gasteiger partial charge in [0, 0.05) is 30.0 Å². The highest BCUT2D eigenvalue weighted by molar-refractivity contribution is 5.95. The molecule has 0 aliphatic rings. The monoisotopic (exact) mass is 386 g/mol. The molecule has 1 aromatic carbocycles. The Morgan fingerprint density at radius 2 is 1.82 bits per heavy atom. The van der Waals surface area contributed by atoms with E-state index in [-0.39, 0.29) is 11.8 Å². The lowest BCUT2D eigenvalue weighted by Gasteiger charge is -2.19. The molecule has 2 aromatic rings. The van der Waals surface area contributed by atoms with Crippen LogP contribution >= 0.6 is 0 Å². The number of hydrogen-bond acceptors (Lipinski definition) is 4. The van der Waals surface area contributed by atoms with Crippen molar-refractivity contribution in [3.63, 3.8) is 0 Å². The highest BCUT2D eigenvalue weighted by atomic mass is 16.6. The molecule has 0 saturated carbocycles. The molecule has 152 valence electrons. The van der Waals surface area contributed by atoms with Crippen LogP contribution in [-0.4, -0.2) is 33.9 Å². The number of amides is 2. The second-order valence-electron chi connectivity index (χ2n) is 8.13. The molecule has 0 saturated heterocycles. The second kappa shape index (κ2) is 8.91. The molecule has 0 aliphatic carbocycles. The van der Waals surface area contributed by atoms with E-state index in [9.17, 15) is 9.59 Å². The summed E-state index contributed by atoms with van der Waals surface area (Å²) in [7, 11) is 0. The summed E-state index contributed by atoms with van der Waals surface area (Å²) in [6.07, 6.45) is -0.525. The lowest BCUT2D eigenvalue weighted by molar-refractivity contribution is 0.0635. The van der Waals surface area contributed by atoms with Gasteiger partial charge < -0.3 is 10.1 Å². The van der Waals surface area contributed by atoms with Crippen LogP contribution in [0.25, 0.3) is 0 Å². The molecule has 2 amide bonds. The van der Waals surface area contributed by atoms with Gasteiger partial charge in [-0.25, -0.2) is 4.79 Å². The van der Waals surface area contributed by atoms with Crippen molar-refractivity contribution in [1.82, 2.24) is 15.1 Å². The predicted octanol–water partition coefficient (Wildman–Crippen LogP) is 3.91. The lowest BCUT2D eigenvalue weighted by Crippen LogP contribution is -2.30. The Bertz CT molecular complexity index is 819. The number of aromatic nitrogens is 2. The molecule has 1 atom stereocenters. The minimum absolute atomic E-state index is 0.149. The van der Waals surface area contributed by atoms with Crippen molar-refractivity contribution in [3.05, 3.63) is 47.3 Å². The van der Waals surface area contributed by atoms with Crippen LogP contribution < -0.4 is 10.6 Å². The number of rotatable bonds is 6. The van der Waals surface area contributed by atoms with Crippen molar-refractivity contribution in [2.45, 2.75) is 53.7 Å². The van der Waals surface area contributed by atoms with Gasteiger partial charge in [-0.2, -0.15) is 5.10 Å². The van der Waals surface area contributed by atoms with Crippen molar-refractivity contribution in [1.29, 1.82) is 0 Å². The van der Waals surface area contributed by atoms with Crippen LogP contribution in [0.15, 0.2) is 30.3 Å². The summed E-state index contributed by atoms with van der Waals surface area (Å²) in [5.74, 6) is 0.0964. The largest absolute Gasteiger partial charge is 0.444 e. The van der Waals surface area contributed by atoms with Gasteiger partial charge in [0.25, 0.3) is 5.91 Å². The van der Waals surface area contributed by atoms with Crippen LogP contribution in [0.5, 0.6) is 0 Å². The summed E-state index contributed by atoms with van der Waals surface area (Å²) >= 11 is 0. The Morgan fingerprint density at radius 3 is 2.36 bits per heavy atom. The van der Waals surface area contributed by atoms with E-state index in [1.807, 2.05) is 24.6 Å². The van der Waals surface area contributed by atoms with Crippen LogP contribution in [0.3, 0.4) is 0 Å². The molecule has 7 nitrogen and oxygen atoms in total. The van der Waals surface area contributed by atoms with Gasteiger partial charge >= 0.3 is 6.09 Å². The number of ether oxygens (including phenoxy) is 1. The first-order valence-corrected chi connectivity index (χ1v) is 9.43. The Morgan fingerprint density at radius 1 is 1.18 bits per heavy atom. The standard InChI is InChI=1S/C21H30N4O3/c1-14(13-25-16(3)11-15(2)24-25)12-22-19(26)17-7-9-18(10-8-17)23-20(27)28-21(4,5)6/h7-11,14H,12-13H2,1-6H3,(H,22,26)(H,23,27)/t14-/m0/s1. The van der Waals surface area contributed by atoms with Crippen molar-refractivity contribution < 1.29 is 14.3 Å². The number of benzene rings is 1. The number of aryl methyl sites for hydroxylation is 2. The SMILES string of the molecule is Cc1cc(C)n(C[C@@H](C)CNC(=O)c2ccc(NC(=O)OC(C)(C)C)cc2)n1. The van der Waals surface area contributed by atoms with E-state index >= 15 is 0 Å². The molecule has 0 spiro atoms. The minimum atomic E-state index is -0.561. The summed E-state index contributed by atoms with van der Waals surface area (Å²) in [5, 5.41) is 10.0. The fraction of sp³-hybridized carbons (Fsp3) is 0.476. The second-order valence-corrected chi connectivity index (χ2v) is 8.13. The zero-order valence-corrected chi connectivity index (χ0v) is 17.5.